The topological polar surface area (TPSA) is 69.9 Å². The number of esters is 1. The predicted molar refractivity (Wildman–Crippen MR) is 150 cm³/mol. The van der Waals surface area contributed by atoms with Gasteiger partial charge in [0, 0.05) is 14.9 Å². The molecule has 37 heavy (non-hydrogen) atoms. The Balaban J connectivity index is 1.56. The van der Waals surface area contributed by atoms with Gasteiger partial charge in [0.15, 0.2) is 4.80 Å². The number of allylic oxidation sites excluding steroid dienone is 1. The largest absolute Gasteiger partial charge is 0.488 e. The van der Waals surface area contributed by atoms with Crippen molar-refractivity contribution in [1.29, 1.82) is 0 Å². The van der Waals surface area contributed by atoms with Crippen LogP contribution in [0, 0.1) is 0 Å². The summed E-state index contributed by atoms with van der Waals surface area (Å²) in [4.78, 5) is 32.7. The molecule has 9 heteroatoms. The van der Waals surface area contributed by atoms with E-state index in [1.807, 2.05) is 72.1 Å². The van der Waals surface area contributed by atoms with Crippen molar-refractivity contribution in [2.24, 2.45) is 4.99 Å². The normalized spacial score (nSPS) is 15.3. The number of ether oxygens (including phenoxy) is 2. The fraction of sp³-hybridized carbons (Fsp3) is 0.179. The fourth-order valence-electron chi connectivity index (χ4n) is 4.12. The number of nitrogens with zero attached hydrogens (tertiary/aromatic N) is 2. The molecule has 2 aromatic heterocycles. The first-order valence-corrected chi connectivity index (χ1v) is 14.1. The summed E-state index contributed by atoms with van der Waals surface area (Å²) in [7, 11) is 0. The van der Waals surface area contributed by atoms with Crippen molar-refractivity contribution in [3.63, 3.8) is 0 Å². The lowest BCUT2D eigenvalue weighted by atomic mass is 10.0. The Morgan fingerprint density at radius 2 is 1.92 bits per heavy atom. The zero-order valence-corrected chi connectivity index (χ0v) is 23.4. The van der Waals surface area contributed by atoms with Crippen LogP contribution >= 0.6 is 38.6 Å². The Labute approximate surface area is 230 Å². The summed E-state index contributed by atoms with van der Waals surface area (Å²) in [5.74, 6) is 0.220. The molecule has 4 aromatic rings. The first-order valence-electron chi connectivity index (χ1n) is 11.7. The van der Waals surface area contributed by atoms with Crippen LogP contribution in [0.1, 0.15) is 35.9 Å². The molecule has 0 radical (unpaired) electrons. The number of benzene rings is 2. The van der Waals surface area contributed by atoms with Crippen molar-refractivity contribution in [3.05, 3.63) is 117 Å². The number of fused-ring (bicyclic) bond motifs is 1. The number of rotatable bonds is 7. The third-order valence-electron chi connectivity index (χ3n) is 5.84. The van der Waals surface area contributed by atoms with E-state index in [-0.39, 0.29) is 12.2 Å². The van der Waals surface area contributed by atoms with E-state index in [1.165, 1.54) is 22.7 Å². The summed E-state index contributed by atoms with van der Waals surface area (Å²) < 4.78 is 14.6. The molecule has 0 aliphatic carbocycles. The molecule has 0 saturated carbocycles. The summed E-state index contributed by atoms with van der Waals surface area (Å²) >= 11 is 6.24. The van der Waals surface area contributed by atoms with Gasteiger partial charge in [-0.05, 0) is 55.1 Å². The minimum absolute atomic E-state index is 0.209. The van der Waals surface area contributed by atoms with E-state index >= 15 is 0 Å². The predicted octanol–water partition coefficient (Wildman–Crippen LogP) is 5.20. The quantitative estimate of drug-likeness (QED) is 0.276. The van der Waals surface area contributed by atoms with Gasteiger partial charge in [-0.25, -0.2) is 9.79 Å². The van der Waals surface area contributed by atoms with E-state index in [4.69, 9.17) is 9.47 Å². The zero-order chi connectivity index (χ0) is 25.9. The molecule has 0 bridgehead atoms. The van der Waals surface area contributed by atoms with Crippen molar-refractivity contribution in [1.82, 2.24) is 4.57 Å². The lowest BCUT2D eigenvalue weighted by Gasteiger charge is -2.23. The molecule has 1 aliphatic rings. The molecule has 3 heterocycles. The van der Waals surface area contributed by atoms with Crippen LogP contribution in [0.4, 0.5) is 0 Å². The highest BCUT2D eigenvalue weighted by Crippen LogP contribution is 2.33. The monoisotopic (exact) mass is 594 g/mol. The fourth-order valence-corrected chi connectivity index (χ4v) is 6.25. The Hall–Kier alpha value is -3.27. The molecule has 1 aliphatic heterocycles. The number of para-hydroxylation sites is 1. The number of hydrogen-bond donors (Lipinski definition) is 0. The maximum absolute atomic E-state index is 13.7. The number of halogens is 1. The average molecular weight is 596 g/mol. The van der Waals surface area contributed by atoms with Crippen LogP contribution < -0.4 is 19.6 Å². The van der Waals surface area contributed by atoms with E-state index < -0.39 is 12.0 Å². The van der Waals surface area contributed by atoms with Crippen molar-refractivity contribution >= 4 is 50.6 Å². The molecule has 0 spiro atoms. The minimum atomic E-state index is -0.582. The maximum atomic E-state index is 13.7. The number of carbonyl (C=O) groups excluding carboxylic acids is 1. The molecule has 0 fully saturated rings. The zero-order valence-electron chi connectivity index (χ0n) is 20.1. The van der Waals surface area contributed by atoms with Gasteiger partial charge in [0.25, 0.3) is 5.56 Å². The highest BCUT2D eigenvalue weighted by atomic mass is 79.9. The first kappa shape index (κ1) is 25.4. The number of carbonyl (C=O) groups is 1. The van der Waals surface area contributed by atoms with Crippen LogP contribution in [0.2, 0.25) is 0 Å². The second-order valence-corrected chi connectivity index (χ2v) is 11.2. The van der Waals surface area contributed by atoms with E-state index in [1.54, 1.807) is 18.4 Å². The van der Waals surface area contributed by atoms with Gasteiger partial charge in [0.05, 0.1) is 22.4 Å². The van der Waals surface area contributed by atoms with Gasteiger partial charge in [-0.1, -0.05) is 63.7 Å². The molecular weight excluding hydrogens is 572 g/mol. The van der Waals surface area contributed by atoms with Crippen LogP contribution in [-0.4, -0.2) is 17.1 Å². The maximum Gasteiger partial charge on any atom is 0.338 e. The van der Waals surface area contributed by atoms with Gasteiger partial charge in [-0.3, -0.25) is 9.36 Å². The van der Waals surface area contributed by atoms with Crippen LogP contribution in [0.5, 0.6) is 5.75 Å². The molecule has 5 rings (SSSR count). The standard InChI is InChI=1S/C28H23BrN2O4S2/c1-3-34-27(33)24-17(2)30-28-31(25(24)22-9-6-14-36-22)26(32)23(37-28)15-19-7-4-5-8-21(19)35-16-18-10-12-20(29)13-11-18/h4-15,25H,3,16H2,1-2H3/b23-15-/t25-/m1/s1. The summed E-state index contributed by atoms with van der Waals surface area (Å²) in [6.07, 6.45) is 1.83. The smallest absolute Gasteiger partial charge is 0.338 e. The lowest BCUT2D eigenvalue weighted by molar-refractivity contribution is -0.139. The summed E-state index contributed by atoms with van der Waals surface area (Å²) in [5, 5.41) is 1.93. The molecule has 0 saturated heterocycles. The number of aromatic nitrogens is 1. The van der Waals surface area contributed by atoms with Crippen molar-refractivity contribution in [2.45, 2.75) is 26.5 Å². The first-order chi connectivity index (χ1) is 18.0. The van der Waals surface area contributed by atoms with Crippen molar-refractivity contribution < 1.29 is 14.3 Å². The third kappa shape index (κ3) is 5.25. The van der Waals surface area contributed by atoms with Crippen LogP contribution in [0.25, 0.3) is 6.08 Å². The summed E-state index contributed by atoms with van der Waals surface area (Å²) in [6.45, 7) is 4.20. The summed E-state index contributed by atoms with van der Waals surface area (Å²) in [5.41, 5.74) is 2.57. The van der Waals surface area contributed by atoms with Crippen molar-refractivity contribution in [3.8, 4) is 5.75 Å². The van der Waals surface area contributed by atoms with Gasteiger partial charge in [-0.15, -0.1) is 11.3 Å². The molecule has 188 valence electrons. The van der Waals surface area contributed by atoms with E-state index in [2.05, 4.69) is 20.9 Å². The van der Waals surface area contributed by atoms with Gasteiger partial charge < -0.3 is 9.47 Å². The van der Waals surface area contributed by atoms with Crippen molar-refractivity contribution in [2.75, 3.05) is 6.61 Å². The number of hydrogen-bond acceptors (Lipinski definition) is 7. The minimum Gasteiger partial charge on any atom is -0.488 e. The Bertz CT molecular complexity index is 1650. The highest BCUT2D eigenvalue weighted by Gasteiger charge is 2.33. The van der Waals surface area contributed by atoms with Gasteiger partial charge in [-0.2, -0.15) is 0 Å². The Morgan fingerprint density at radius 3 is 2.65 bits per heavy atom. The molecule has 2 aromatic carbocycles. The van der Waals surface area contributed by atoms with E-state index in [9.17, 15) is 9.59 Å². The van der Waals surface area contributed by atoms with Gasteiger partial charge >= 0.3 is 5.97 Å². The van der Waals surface area contributed by atoms with Gasteiger partial charge in [0.2, 0.25) is 0 Å². The van der Waals surface area contributed by atoms with E-state index in [0.29, 0.717) is 33.0 Å². The SMILES string of the molecule is CCOC(=O)C1=C(C)N=c2s/c(=C\c3ccccc3OCc3ccc(Br)cc3)c(=O)n2[C@@H]1c1cccs1. The van der Waals surface area contributed by atoms with Gasteiger partial charge in [0.1, 0.15) is 18.4 Å². The highest BCUT2D eigenvalue weighted by molar-refractivity contribution is 9.10. The molecule has 0 amide bonds. The molecule has 1 atom stereocenters. The second kappa shape index (κ2) is 11.0. The van der Waals surface area contributed by atoms with Crippen LogP contribution in [0.15, 0.2) is 91.6 Å². The molecule has 6 nitrogen and oxygen atoms in total. The number of thiazole rings is 1. The lowest BCUT2D eigenvalue weighted by Crippen LogP contribution is -2.39. The Morgan fingerprint density at radius 1 is 1.14 bits per heavy atom. The molecule has 0 N–H and O–H groups in total. The number of thiophene rings is 1. The summed E-state index contributed by atoms with van der Waals surface area (Å²) in [6, 6.07) is 18.8. The third-order valence-corrected chi connectivity index (χ3v) is 8.28. The van der Waals surface area contributed by atoms with Crippen LogP contribution in [-0.2, 0) is 16.1 Å². The van der Waals surface area contributed by atoms with Crippen LogP contribution in [0.3, 0.4) is 0 Å². The molecule has 0 unspecified atom stereocenters. The average Bonchev–Trinajstić information content (AvgIpc) is 3.52. The molecular formula is C28H23BrN2O4S2. The Kier molecular flexibility index (Phi) is 7.55. The van der Waals surface area contributed by atoms with E-state index in [0.717, 1.165) is 20.5 Å². The second-order valence-electron chi connectivity index (χ2n) is 8.27.